The van der Waals surface area contributed by atoms with Gasteiger partial charge in [-0.05, 0) is 76.7 Å². The summed E-state index contributed by atoms with van der Waals surface area (Å²) in [6.07, 6.45) is -2.17. The average molecular weight is 1020 g/mol. The summed E-state index contributed by atoms with van der Waals surface area (Å²) in [6, 6.07) is 43.5. The number of morpholine rings is 1. The Morgan fingerprint density at radius 3 is 2.07 bits per heavy atom. The van der Waals surface area contributed by atoms with E-state index in [1.165, 1.54) is 7.11 Å². The van der Waals surface area contributed by atoms with Gasteiger partial charge in [0.1, 0.15) is 36.0 Å². The minimum absolute atomic E-state index is 0.00338. The molecule has 2 saturated heterocycles. The summed E-state index contributed by atoms with van der Waals surface area (Å²) in [5, 5.41) is 26.9. The van der Waals surface area contributed by atoms with Gasteiger partial charge in [-0.3, -0.25) is 24.2 Å². The minimum atomic E-state index is -2.16. The van der Waals surface area contributed by atoms with Gasteiger partial charge in [0.05, 0.1) is 50.1 Å². The van der Waals surface area contributed by atoms with Crippen molar-refractivity contribution in [1.82, 2.24) is 20.4 Å². The predicted octanol–water partition coefficient (Wildman–Crippen LogP) is 6.96. The lowest BCUT2D eigenvalue weighted by molar-refractivity contribution is -0.178. The SMILES string of the molecule is COC(=O)[C@@H](NC(=O)N1C(=O)[C@@]2(c3cc(C#CCN(C)Cc4ccccc4)ccc31)[C@H](C(=O)NC[C@H](O)c1ccccc1)[C@H]1C(=O)O[C@H](c3ccccc3)[C@H](c3ccccc3)N1[C@@H]2c1ccc(OCCO)cc1)C(C)C. The van der Waals surface area contributed by atoms with E-state index in [-0.39, 0.29) is 31.0 Å². The van der Waals surface area contributed by atoms with E-state index in [1.807, 2.05) is 103 Å². The second kappa shape index (κ2) is 23.2. The fourth-order valence-electron chi connectivity index (χ4n) is 11.0. The molecule has 9 rings (SSSR count). The highest BCUT2D eigenvalue weighted by Gasteiger charge is 2.75. The maximum atomic E-state index is 16.8. The lowest BCUT2D eigenvalue weighted by Crippen LogP contribution is -2.58. The summed E-state index contributed by atoms with van der Waals surface area (Å²) >= 11 is 0. The molecular weight excluding hydrogens is 963 g/mol. The van der Waals surface area contributed by atoms with E-state index in [1.54, 1.807) is 86.6 Å². The maximum absolute atomic E-state index is 16.8. The summed E-state index contributed by atoms with van der Waals surface area (Å²) in [4.78, 5) is 81.6. The number of imide groups is 1. The van der Waals surface area contributed by atoms with Crippen LogP contribution < -0.4 is 20.3 Å². The third-order valence-electron chi connectivity index (χ3n) is 14.4. The van der Waals surface area contributed by atoms with Crippen molar-refractivity contribution in [2.24, 2.45) is 11.8 Å². The van der Waals surface area contributed by atoms with Gasteiger partial charge in [0.15, 0.2) is 0 Å². The molecule has 15 heteroatoms. The van der Waals surface area contributed by atoms with Gasteiger partial charge in [-0.25, -0.2) is 14.5 Å². The van der Waals surface area contributed by atoms with Crippen LogP contribution in [0.1, 0.15) is 77.1 Å². The number of fused-ring (bicyclic) bond motifs is 3. The zero-order valence-corrected chi connectivity index (χ0v) is 42.7. The van der Waals surface area contributed by atoms with Crippen LogP contribution in [-0.2, 0) is 40.6 Å². The van der Waals surface area contributed by atoms with E-state index in [9.17, 15) is 15.0 Å². The molecule has 390 valence electrons. The molecule has 0 radical (unpaired) electrons. The molecule has 15 nitrogen and oxygen atoms in total. The van der Waals surface area contributed by atoms with Gasteiger partial charge in [0.25, 0.3) is 0 Å². The van der Waals surface area contributed by atoms with E-state index in [0.29, 0.717) is 46.7 Å². The number of nitrogens with one attached hydrogen (secondary N) is 2. The molecule has 76 heavy (non-hydrogen) atoms. The number of hydrogen-bond donors (Lipinski definition) is 4. The van der Waals surface area contributed by atoms with Gasteiger partial charge in [0, 0.05) is 18.7 Å². The fourth-order valence-corrected chi connectivity index (χ4v) is 11.0. The number of methoxy groups -OCH3 is 1. The maximum Gasteiger partial charge on any atom is 0.329 e. The molecule has 8 atom stereocenters. The Morgan fingerprint density at radius 1 is 0.803 bits per heavy atom. The van der Waals surface area contributed by atoms with Crippen LogP contribution in [0.3, 0.4) is 0 Å². The highest BCUT2D eigenvalue weighted by Crippen LogP contribution is 2.66. The molecular formula is C61H61N5O10. The number of amides is 4. The summed E-state index contributed by atoms with van der Waals surface area (Å²) in [5.41, 5.74) is 2.06. The van der Waals surface area contributed by atoms with Crippen molar-refractivity contribution in [3.05, 3.63) is 203 Å². The Morgan fingerprint density at radius 2 is 1.43 bits per heavy atom. The van der Waals surface area contributed by atoms with Gasteiger partial charge in [-0.15, -0.1) is 0 Å². The van der Waals surface area contributed by atoms with Crippen molar-refractivity contribution >= 4 is 35.5 Å². The Hall–Kier alpha value is -8.13. The third-order valence-corrected chi connectivity index (χ3v) is 14.4. The number of cyclic esters (lactones) is 1. The first kappa shape index (κ1) is 52.7. The molecule has 4 amide bonds. The Balaban J connectivity index is 1.30. The number of urea groups is 1. The quantitative estimate of drug-likeness (QED) is 0.0578. The molecule has 0 aromatic heterocycles. The number of ether oxygens (including phenoxy) is 3. The van der Waals surface area contributed by atoms with Crippen molar-refractivity contribution in [2.45, 2.75) is 62.2 Å². The van der Waals surface area contributed by atoms with Crippen molar-refractivity contribution in [3.8, 4) is 17.6 Å². The average Bonchev–Trinajstić information content (AvgIpc) is 4.05. The highest BCUT2D eigenvalue weighted by atomic mass is 16.6. The van der Waals surface area contributed by atoms with Crippen LogP contribution in [0, 0.1) is 23.7 Å². The van der Waals surface area contributed by atoms with Crippen LogP contribution in [0.25, 0.3) is 0 Å². The van der Waals surface area contributed by atoms with Crippen LogP contribution in [-0.4, -0.2) is 102 Å². The van der Waals surface area contributed by atoms with E-state index in [4.69, 9.17) is 14.2 Å². The van der Waals surface area contributed by atoms with Crippen LogP contribution >= 0.6 is 0 Å². The molecule has 0 bridgehead atoms. The molecule has 0 saturated carbocycles. The molecule has 2 fully saturated rings. The van der Waals surface area contributed by atoms with Crippen molar-refractivity contribution in [1.29, 1.82) is 0 Å². The molecule has 0 aliphatic carbocycles. The lowest BCUT2D eigenvalue weighted by atomic mass is 9.65. The second-order valence-corrected chi connectivity index (χ2v) is 19.6. The number of nitrogens with zero attached hydrogens (tertiary/aromatic N) is 3. The first-order chi connectivity index (χ1) is 36.9. The molecule has 6 aromatic rings. The molecule has 3 aliphatic heterocycles. The number of carbonyl (C=O) groups is 5. The third kappa shape index (κ3) is 10.3. The Bertz CT molecular complexity index is 3100. The number of benzene rings is 6. The van der Waals surface area contributed by atoms with E-state index in [0.717, 1.165) is 10.5 Å². The molecule has 3 heterocycles. The normalized spacial score (nSPS) is 21.5. The van der Waals surface area contributed by atoms with Crippen LogP contribution in [0.15, 0.2) is 164 Å². The number of esters is 2. The van der Waals surface area contributed by atoms with Crippen molar-refractivity contribution < 1.29 is 48.4 Å². The number of carbonyl (C=O) groups excluding carboxylic acids is 5. The standard InChI is InChI=1S/C61H61N5O10/c1-39(2)51(57(70)74-4)63-60(73)65-48-32-27-40(20-17-33-64(3)38-41-18-9-5-10-19-41)36-47(48)61(59(65)72)50(56(69)62-37-49(68)42-21-11-6-12-22-42)53-58(71)76-54(44-25-15-8-16-26-44)52(43-23-13-7-14-24-43)66(53)55(61)45-28-30-46(31-29-45)75-35-34-67/h5-16,18-19,21-32,36,39,49-55,67-68H,33-35,37-38H2,1-4H3,(H,62,69)(H,63,73)/t49-,50-,51-,52-,53-,54+,55+,61-/m0/s1. The summed E-state index contributed by atoms with van der Waals surface area (Å²) in [5.74, 6) is 1.66. The summed E-state index contributed by atoms with van der Waals surface area (Å²) < 4.78 is 17.5. The summed E-state index contributed by atoms with van der Waals surface area (Å²) in [7, 11) is 3.16. The van der Waals surface area contributed by atoms with Gasteiger partial charge >= 0.3 is 18.0 Å². The van der Waals surface area contributed by atoms with Gasteiger partial charge in [0.2, 0.25) is 11.8 Å². The molecule has 3 aliphatic rings. The first-order valence-corrected chi connectivity index (χ1v) is 25.4. The van der Waals surface area contributed by atoms with Crippen LogP contribution in [0.4, 0.5) is 10.5 Å². The number of anilines is 1. The van der Waals surface area contributed by atoms with Gasteiger partial charge in [-0.2, -0.15) is 0 Å². The largest absolute Gasteiger partial charge is 0.491 e. The first-order valence-electron chi connectivity index (χ1n) is 25.4. The fraction of sp³-hybridized carbons (Fsp3) is 0.295. The topological polar surface area (TPSA) is 187 Å². The molecule has 4 N–H and O–H groups in total. The molecule has 0 unspecified atom stereocenters. The number of aliphatic hydroxyl groups excluding tert-OH is 2. The van der Waals surface area contributed by atoms with E-state index in [2.05, 4.69) is 27.4 Å². The van der Waals surface area contributed by atoms with E-state index >= 15 is 19.2 Å². The second-order valence-electron chi connectivity index (χ2n) is 19.6. The van der Waals surface area contributed by atoms with Gasteiger partial charge in [-0.1, -0.05) is 159 Å². The monoisotopic (exact) mass is 1020 g/mol. The number of rotatable bonds is 16. The predicted molar refractivity (Wildman–Crippen MR) is 284 cm³/mol. The highest BCUT2D eigenvalue weighted by molar-refractivity contribution is 6.25. The summed E-state index contributed by atoms with van der Waals surface area (Å²) in [6.45, 7) is 3.90. The number of hydrogen-bond acceptors (Lipinski definition) is 12. The van der Waals surface area contributed by atoms with Crippen LogP contribution in [0.2, 0.25) is 0 Å². The van der Waals surface area contributed by atoms with Crippen molar-refractivity contribution in [3.63, 3.8) is 0 Å². The van der Waals surface area contributed by atoms with E-state index < -0.39 is 83.4 Å². The van der Waals surface area contributed by atoms with Crippen LogP contribution in [0.5, 0.6) is 5.75 Å². The Labute approximate surface area is 442 Å². The minimum Gasteiger partial charge on any atom is -0.491 e. The van der Waals surface area contributed by atoms with Crippen molar-refractivity contribution in [2.75, 3.05) is 45.4 Å². The molecule has 6 aromatic carbocycles. The smallest absolute Gasteiger partial charge is 0.329 e. The molecule has 1 spiro atoms. The van der Waals surface area contributed by atoms with Gasteiger partial charge < -0.3 is 35.1 Å². The zero-order valence-electron chi connectivity index (χ0n) is 42.7. The zero-order chi connectivity index (χ0) is 53.5. The number of aliphatic hydroxyl groups is 2. The Kier molecular flexibility index (Phi) is 16.1. The lowest BCUT2D eigenvalue weighted by Gasteiger charge is -2.46.